The van der Waals surface area contributed by atoms with Crippen molar-refractivity contribution in [1.29, 1.82) is 0 Å². The van der Waals surface area contributed by atoms with Crippen molar-refractivity contribution >= 4 is 23.4 Å². The molecular weight excluding hydrogens is 366 g/mol. The third-order valence-corrected chi connectivity index (χ3v) is 5.74. The van der Waals surface area contributed by atoms with Gasteiger partial charge in [0.05, 0.1) is 6.10 Å². The van der Waals surface area contributed by atoms with Crippen molar-refractivity contribution < 1.29 is 9.53 Å². The molecular formula is C24H33NO2S. The number of anilines is 1. The second-order valence-electron chi connectivity index (χ2n) is 7.86. The van der Waals surface area contributed by atoms with Crippen molar-refractivity contribution in [2.45, 2.75) is 83.1 Å². The molecule has 152 valence electrons. The Kier molecular flexibility index (Phi) is 7.99. The van der Waals surface area contributed by atoms with Gasteiger partial charge in [-0.05, 0) is 87.1 Å². The van der Waals surface area contributed by atoms with Crippen LogP contribution in [-0.4, -0.2) is 12.0 Å². The smallest absolute Gasteiger partial charge is 0.224 e. The van der Waals surface area contributed by atoms with Gasteiger partial charge in [0, 0.05) is 21.9 Å². The number of hydrogen-bond donors (Lipinski definition) is 1. The Morgan fingerprint density at radius 1 is 1.07 bits per heavy atom. The molecule has 28 heavy (non-hydrogen) atoms. The third kappa shape index (κ3) is 6.03. The van der Waals surface area contributed by atoms with E-state index in [2.05, 4.69) is 77.2 Å². The van der Waals surface area contributed by atoms with Gasteiger partial charge in [0.25, 0.3) is 0 Å². The van der Waals surface area contributed by atoms with E-state index in [4.69, 9.17) is 4.74 Å². The average Bonchev–Trinajstić information content (AvgIpc) is 2.58. The minimum atomic E-state index is 0.0732. The number of nitrogens with one attached hydrogen (secondary N) is 1. The molecule has 1 N–H and O–H groups in total. The number of ether oxygens (including phenoxy) is 1. The van der Waals surface area contributed by atoms with Gasteiger partial charge in [-0.2, -0.15) is 0 Å². The van der Waals surface area contributed by atoms with E-state index in [-0.39, 0.29) is 12.0 Å². The lowest BCUT2D eigenvalue weighted by Crippen LogP contribution is -2.11. The molecule has 0 atom stereocenters. The van der Waals surface area contributed by atoms with Crippen LogP contribution < -0.4 is 10.1 Å². The van der Waals surface area contributed by atoms with Gasteiger partial charge in [-0.3, -0.25) is 4.79 Å². The number of carbonyl (C=O) groups excluding carboxylic acids is 1. The molecule has 0 radical (unpaired) electrons. The predicted molar refractivity (Wildman–Crippen MR) is 120 cm³/mol. The summed E-state index contributed by atoms with van der Waals surface area (Å²) in [6, 6.07) is 10.6. The number of amides is 1. The van der Waals surface area contributed by atoms with E-state index >= 15 is 0 Å². The molecule has 1 amide bonds. The second-order valence-corrected chi connectivity index (χ2v) is 8.94. The molecule has 0 fully saturated rings. The maximum atomic E-state index is 11.9. The standard InChI is InChI=1S/C24H33NO2S/c1-8-9-23(26)25-19-12-17(6)24(18(7)13-19)28-20-10-11-22(27-16(4)5)21(14-20)15(2)3/h10-16H,8-9H2,1-7H3,(H,25,26). The molecule has 2 aromatic rings. The van der Waals surface area contributed by atoms with E-state index in [1.54, 1.807) is 11.8 Å². The number of benzene rings is 2. The van der Waals surface area contributed by atoms with E-state index < -0.39 is 0 Å². The zero-order valence-corrected chi connectivity index (χ0v) is 19.0. The van der Waals surface area contributed by atoms with Crippen molar-refractivity contribution in [2.75, 3.05) is 5.32 Å². The quantitative estimate of drug-likeness (QED) is 0.514. The largest absolute Gasteiger partial charge is 0.491 e. The van der Waals surface area contributed by atoms with Crippen LogP contribution in [0, 0.1) is 13.8 Å². The molecule has 0 saturated heterocycles. The van der Waals surface area contributed by atoms with Gasteiger partial charge in [0.15, 0.2) is 0 Å². The summed E-state index contributed by atoms with van der Waals surface area (Å²) >= 11 is 1.77. The molecule has 2 rings (SSSR count). The molecule has 0 saturated carbocycles. The lowest BCUT2D eigenvalue weighted by Gasteiger charge is -2.18. The molecule has 0 aliphatic heterocycles. The van der Waals surface area contributed by atoms with E-state index in [0.717, 1.165) is 17.9 Å². The third-order valence-electron chi connectivity index (χ3n) is 4.41. The fourth-order valence-corrected chi connectivity index (χ4v) is 4.15. The molecule has 0 unspecified atom stereocenters. The highest BCUT2D eigenvalue weighted by Crippen LogP contribution is 2.38. The number of hydrogen-bond acceptors (Lipinski definition) is 3. The Hall–Kier alpha value is -1.94. The fraction of sp³-hybridized carbons (Fsp3) is 0.458. The Balaban J connectivity index is 2.27. The van der Waals surface area contributed by atoms with Gasteiger partial charge >= 0.3 is 0 Å². The summed E-state index contributed by atoms with van der Waals surface area (Å²) in [7, 11) is 0. The summed E-state index contributed by atoms with van der Waals surface area (Å²) < 4.78 is 5.98. The first-order valence-electron chi connectivity index (χ1n) is 10.1. The highest BCUT2D eigenvalue weighted by atomic mass is 32.2. The van der Waals surface area contributed by atoms with E-state index in [1.807, 2.05) is 6.92 Å². The maximum absolute atomic E-state index is 11.9. The van der Waals surface area contributed by atoms with E-state index in [1.165, 1.54) is 26.5 Å². The molecule has 0 aromatic heterocycles. The van der Waals surface area contributed by atoms with Crippen LogP contribution in [0.1, 0.15) is 70.1 Å². The monoisotopic (exact) mass is 399 g/mol. The van der Waals surface area contributed by atoms with Crippen LogP contribution in [-0.2, 0) is 4.79 Å². The summed E-state index contributed by atoms with van der Waals surface area (Å²) in [6.07, 6.45) is 1.57. The van der Waals surface area contributed by atoms with Crippen LogP contribution >= 0.6 is 11.8 Å². The minimum Gasteiger partial charge on any atom is -0.491 e. The number of carbonyl (C=O) groups is 1. The van der Waals surface area contributed by atoms with Crippen molar-refractivity contribution in [3.05, 3.63) is 47.0 Å². The predicted octanol–water partition coefficient (Wildman–Crippen LogP) is 7.10. The lowest BCUT2D eigenvalue weighted by molar-refractivity contribution is -0.116. The lowest BCUT2D eigenvalue weighted by atomic mass is 10.0. The first-order valence-corrected chi connectivity index (χ1v) is 10.9. The van der Waals surface area contributed by atoms with Crippen molar-refractivity contribution in [1.82, 2.24) is 0 Å². The maximum Gasteiger partial charge on any atom is 0.224 e. The molecule has 0 heterocycles. The first kappa shape index (κ1) is 22.4. The Morgan fingerprint density at radius 2 is 1.71 bits per heavy atom. The van der Waals surface area contributed by atoms with Crippen LogP contribution in [0.3, 0.4) is 0 Å². The molecule has 0 spiro atoms. The fourth-order valence-electron chi connectivity index (χ4n) is 3.15. The van der Waals surface area contributed by atoms with Gasteiger partial charge in [0.2, 0.25) is 5.91 Å². The SMILES string of the molecule is CCCC(=O)Nc1cc(C)c(Sc2ccc(OC(C)C)c(C(C)C)c2)c(C)c1. The average molecular weight is 400 g/mol. The van der Waals surface area contributed by atoms with Crippen LogP contribution in [0.25, 0.3) is 0 Å². The summed E-state index contributed by atoms with van der Waals surface area (Å²) in [6.45, 7) is 14.7. The van der Waals surface area contributed by atoms with Crippen molar-refractivity contribution in [3.8, 4) is 5.75 Å². The Bertz CT molecular complexity index is 804. The minimum absolute atomic E-state index is 0.0732. The highest BCUT2D eigenvalue weighted by Gasteiger charge is 2.13. The summed E-state index contributed by atoms with van der Waals surface area (Å²) in [4.78, 5) is 14.3. The zero-order valence-electron chi connectivity index (χ0n) is 18.2. The van der Waals surface area contributed by atoms with Gasteiger partial charge in [-0.1, -0.05) is 32.5 Å². The molecule has 3 nitrogen and oxygen atoms in total. The molecule has 2 aromatic carbocycles. The zero-order chi connectivity index (χ0) is 20.8. The van der Waals surface area contributed by atoms with Gasteiger partial charge < -0.3 is 10.1 Å². The van der Waals surface area contributed by atoms with Crippen molar-refractivity contribution in [3.63, 3.8) is 0 Å². The van der Waals surface area contributed by atoms with Crippen LogP contribution in [0.2, 0.25) is 0 Å². The van der Waals surface area contributed by atoms with E-state index in [9.17, 15) is 4.79 Å². The molecule has 0 aliphatic rings. The Labute approximate surface area is 174 Å². The molecule has 4 heteroatoms. The number of rotatable bonds is 8. The van der Waals surface area contributed by atoms with Crippen LogP contribution in [0.15, 0.2) is 40.1 Å². The summed E-state index contributed by atoms with van der Waals surface area (Å²) in [5.41, 5.74) is 4.45. The van der Waals surface area contributed by atoms with Crippen molar-refractivity contribution in [2.24, 2.45) is 0 Å². The molecule has 0 aliphatic carbocycles. The van der Waals surface area contributed by atoms with E-state index in [0.29, 0.717) is 12.3 Å². The molecule has 0 bridgehead atoms. The van der Waals surface area contributed by atoms with Gasteiger partial charge in [0.1, 0.15) is 5.75 Å². The number of aryl methyl sites for hydroxylation is 2. The highest BCUT2D eigenvalue weighted by molar-refractivity contribution is 7.99. The topological polar surface area (TPSA) is 38.3 Å². The van der Waals surface area contributed by atoms with Gasteiger partial charge in [-0.15, -0.1) is 0 Å². The van der Waals surface area contributed by atoms with Crippen LogP contribution in [0.4, 0.5) is 5.69 Å². The van der Waals surface area contributed by atoms with Crippen LogP contribution in [0.5, 0.6) is 5.75 Å². The summed E-state index contributed by atoms with van der Waals surface area (Å²) in [5.74, 6) is 1.44. The Morgan fingerprint density at radius 3 is 2.25 bits per heavy atom. The second kappa shape index (κ2) is 10.0. The summed E-state index contributed by atoms with van der Waals surface area (Å²) in [5, 5.41) is 3.00. The van der Waals surface area contributed by atoms with Gasteiger partial charge in [-0.25, -0.2) is 0 Å². The first-order chi connectivity index (χ1) is 13.2. The normalized spacial score (nSPS) is 11.2.